The van der Waals surface area contributed by atoms with E-state index < -0.39 is 6.10 Å². The predicted molar refractivity (Wildman–Crippen MR) is 111 cm³/mol. The monoisotopic (exact) mass is 379 g/mol. The fourth-order valence-corrected chi connectivity index (χ4v) is 3.50. The van der Waals surface area contributed by atoms with E-state index in [-0.39, 0.29) is 6.04 Å². The standard InChI is InChI=1S/C20H25N7O/c1-4-9-21-18-16-17(25-20(26-18)27(2)3)19(23-11-22-16)24-15-13-8-6-5-7-12(13)10-14(15)28/h5-8,11,14-15,28H,4,9-10H2,1-3H3,(H,21,25,26)(H,22,23,24)/t14-,15+/m0/s1. The normalized spacial score (nSPS) is 18.1. The van der Waals surface area contributed by atoms with Crippen LogP contribution in [0, 0.1) is 0 Å². The molecular formula is C20H25N7O. The molecule has 8 nitrogen and oxygen atoms in total. The first-order valence-corrected chi connectivity index (χ1v) is 9.54. The quantitative estimate of drug-likeness (QED) is 0.600. The van der Waals surface area contributed by atoms with Crippen LogP contribution in [0.2, 0.25) is 0 Å². The van der Waals surface area contributed by atoms with Crippen molar-refractivity contribution in [2.24, 2.45) is 0 Å². The Hall–Kier alpha value is -3.00. The summed E-state index contributed by atoms with van der Waals surface area (Å²) >= 11 is 0. The summed E-state index contributed by atoms with van der Waals surface area (Å²) < 4.78 is 0. The van der Waals surface area contributed by atoms with Gasteiger partial charge >= 0.3 is 0 Å². The Kier molecular flexibility index (Phi) is 4.95. The third-order valence-electron chi connectivity index (χ3n) is 4.91. The Morgan fingerprint density at radius 2 is 1.93 bits per heavy atom. The molecule has 0 radical (unpaired) electrons. The van der Waals surface area contributed by atoms with Crippen LogP contribution in [0.4, 0.5) is 17.6 Å². The fraction of sp³-hybridized carbons (Fsp3) is 0.400. The number of aliphatic hydroxyl groups excluding tert-OH is 1. The van der Waals surface area contributed by atoms with E-state index in [0.717, 1.165) is 24.1 Å². The molecule has 0 fully saturated rings. The molecule has 0 spiro atoms. The zero-order valence-electron chi connectivity index (χ0n) is 16.3. The molecule has 4 rings (SSSR count). The van der Waals surface area contributed by atoms with E-state index in [1.165, 1.54) is 6.33 Å². The number of nitrogens with zero attached hydrogens (tertiary/aromatic N) is 5. The number of hydrogen-bond donors (Lipinski definition) is 3. The number of aliphatic hydroxyl groups is 1. The Morgan fingerprint density at radius 3 is 2.71 bits per heavy atom. The third-order valence-corrected chi connectivity index (χ3v) is 4.91. The van der Waals surface area contributed by atoms with Crippen LogP contribution in [-0.4, -0.2) is 51.8 Å². The van der Waals surface area contributed by atoms with E-state index in [0.29, 0.717) is 35.0 Å². The summed E-state index contributed by atoms with van der Waals surface area (Å²) in [4.78, 5) is 20.0. The van der Waals surface area contributed by atoms with Crippen LogP contribution < -0.4 is 15.5 Å². The number of nitrogens with one attached hydrogen (secondary N) is 2. The first-order valence-electron chi connectivity index (χ1n) is 9.54. The summed E-state index contributed by atoms with van der Waals surface area (Å²) in [6, 6.07) is 7.84. The van der Waals surface area contributed by atoms with E-state index in [9.17, 15) is 5.11 Å². The van der Waals surface area contributed by atoms with Gasteiger partial charge in [0.2, 0.25) is 5.95 Å². The Labute approximate surface area is 164 Å². The lowest BCUT2D eigenvalue weighted by Crippen LogP contribution is -2.22. The number of rotatable bonds is 6. The van der Waals surface area contributed by atoms with Crippen molar-refractivity contribution in [2.45, 2.75) is 31.9 Å². The first kappa shape index (κ1) is 18.4. The summed E-state index contributed by atoms with van der Waals surface area (Å²) in [5.74, 6) is 1.86. The van der Waals surface area contributed by atoms with Crippen LogP contribution in [0.5, 0.6) is 0 Å². The van der Waals surface area contributed by atoms with Crippen LogP contribution in [0.25, 0.3) is 11.0 Å². The average Bonchev–Trinajstić information content (AvgIpc) is 3.01. The number of benzene rings is 1. The van der Waals surface area contributed by atoms with Crippen molar-refractivity contribution < 1.29 is 5.11 Å². The van der Waals surface area contributed by atoms with Crippen LogP contribution in [0.3, 0.4) is 0 Å². The zero-order chi connectivity index (χ0) is 19.7. The summed E-state index contributed by atoms with van der Waals surface area (Å²) in [5.41, 5.74) is 3.54. The van der Waals surface area contributed by atoms with Gasteiger partial charge in [-0.3, -0.25) is 0 Å². The summed E-state index contributed by atoms with van der Waals surface area (Å²) in [5, 5.41) is 17.3. The molecular weight excluding hydrogens is 354 g/mol. The van der Waals surface area contributed by atoms with Crippen molar-refractivity contribution in [3.63, 3.8) is 0 Å². The van der Waals surface area contributed by atoms with Crippen molar-refractivity contribution in [1.82, 2.24) is 19.9 Å². The van der Waals surface area contributed by atoms with E-state index in [1.54, 1.807) is 0 Å². The van der Waals surface area contributed by atoms with Crippen LogP contribution in [0.15, 0.2) is 30.6 Å². The van der Waals surface area contributed by atoms with Crippen LogP contribution >= 0.6 is 0 Å². The fourth-order valence-electron chi connectivity index (χ4n) is 3.50. The summed E-state index contributed by atoms with van der Waals surface area (Å²) in [6.07, 6.45) is 2.59. The molecule has 28 heavy (non-hydrogen) atoms. The molecule has 2 atom stereocenters. The van der Waals surface area contributed by atoms with E-state index in [2.05, 4.69) is 43.6 Å². The Bertz CT molecular complexity index is 991. The molecule has 0 saturated carbocycles. The third kappa shape index (κ3) is 3.31. The molecule has 3 N–H and O–H groups in total. The number of aromatic nitrogens is 4. The first-order chi connectivity index (χ1) is 13.6. The number of hydrogen-bond acceptors (Lipinski definition) is 8. The molecule has 146 valence electrons. The molecule has 2 aromatic heterocycles. The van der Waals surface area contributed by atoms with Crippen molar-refractivity contribution in [3.05, 3.63) is 41.7 Å². The predicted octanol–water partition coefficient (Wildman–Crippen LogP) is 2.38. The largest absolute Gasteiger partial charge is 0.390 e. The van der Waals surface area contributed by atoms with Crippen molar-refractivity contribution in [3.8, 4) is 0 Å². The highest BCUT2D eigenvalue weighted by molar-refractivity contribution is 5.93. The molecule has 0 unspecified atom stereocenters. The van der Waals surface area contributed by atoms with Gasteiger partial charge < -0.3 is 20.6 Å². The molecule has 1 aromatic carbocycles. The molecule has 1 aliphatic carbocycles. The van der Waals surface area contributed by atoms with Gasteiger partial charge in [0.25, 0.3) is 0 Å². The maximum absolute atomic E-state index is 10.6. The summed E-state index contributed by atoms with van der Waals surface area (Å²) in [7, 11) is 3.80. The van der Waals surface area contributed by atoms with Crippen LogP contribution in [0.1, 0.15) is 30.5 Å². The molecule has 0 bridgehead atoms. The van der Waals surface area contributed by atoms with Gasteiger partial charge in [-0.25, -0.2) is 15.0 Å². The average molecular weight is 379 g/mol. The molecule has 2 heterocycles. The van der Waals surface area contributed by atoms with Gasteiger partial charge in [0.15, 0.2) is 11.6 Å². The van der Waals surface area contributed by atoms with Crippen LogP contribution in [-0.2, 0) is 6.42 Å². The second-order valence-corrected chi connectivity index (χ2v) is 7.21. The van der Waals surface area contributed by atoms with Gasteiger partial charge in [0.1, 0.15) is 17.4 Å². The lowest BCUT2D eigenvalue weighted by atomic mass is 10.1. The minimum absolute atomic E-state index is 0.237. The molecule has 8 heteroatoms. The van der Waals surface area contributed by atoms with E-state index in [1.807, 2.05) is 37.2 Å². The molecule has 0 amide bonds. The second kappa shape index (κ2) is 7.55. The zero-order valence-corrected chi connectivity index (χ0v) is 16.3. The van der Waals surface area contributed by atoms with Gasteiger partial charge in [0.05, 0.1) is 12.1 Å². The van der Waals surface area contributed by atoms with Gasteiger partial charge in [-0.15, -0.1) is 0 Å². The molecule has 3 aromatic rings. The highest BCUT2D eigenvalue weighted by Crippen LogP contribution is 2.35. The highest BCUT2D eigenvalue weighted by atomic mass is 16.3. The smallest absolute Gasteiger partial charge is 0.227 e. The maximum Gasteiger partial charge on any atom is 0.227 e. The summed E-state index contributed by atoms with van der Waals surface area (Å²) in [6.45, 7) is 2.89. The van der Waals surface area contributed by atoms with E-state index >= 15 is 0 Å². The topological polar surface area (TPSA) is 99.1 Å². The Balaban J connectivity index is 1.78. The van der Waals surface area contributed by atoms with Crippen molar-refractivity contribution >= 4 is 28.6 Å². The van der Waals surface area contributed by atoms with E-state index in [4.69, 9.17) is 0 Å². The SMILES string of the molecule is CCCNc1nc(N(C)C)nc2c(N[C@@H]3c4ccccc4C[C@@H]3O)ncnc12. The maximum atomic E-state index is 10.6. The number of fused-ring (bicyclic) bond motifs is 2. The minimum atomic E-state index is -0.518. The minimum Gasteiger partial charge on any atom is -0.390 e. The Morgan fingerprint density at radius 1 is 1.11 bits per heavy atom. The lowest BCUT2D eigenvalue weighted by molar-refractivity contribution is 0.165. The highest BCUT2D eigenvalue weighted by Gasteiger charge is 2.31. The second-order valence-electron chi connectivity index (χ2n) is 7.21. The van der Waals surface area contributed by atoms with Crippen molar-refractivity contribution in [2.75, 3.05) is 36.2 Å². The molecule has 0 aliphatic heterocycles. The molecule has 1 aliphatic rings. The lowest BCUT2D eigenvalue weighted by Gasteiger charge is -2.20. The van der Waals surface area contributed by atoms with Gasteiger partial charge in [-0.2, -0.15) is 4.98 Å². The van der Waals surface area contributed by atoms with Crippen molar-refractivity contribution in [1.29, 1.82) is 0 Å². The van der Waals surface area contributed by atoms with Gasteiger partial charge in [-0.1, -0.05) is 31.2 Å². The van der Waals surface area contributed by atoms with Gasteiger partial charge in [-0.05, 0) is 17.5 Å². The number of anilines is 3. The van der Waals surface area contributed by atoms with Gasteiger partial charge in [0, 0.05) is 27.1 Å². The molecule has 0 saturated heterocycles.